The molecule has 112 valence electrons. The predicted octanol–water partition coefficient (Wildman–Crippen LogP) is 4.68. The van der Waals surface area contributed by atoms with Gasteiger partial charge in [-0.2, -0.15) is 0 Å². The number of nitrogens with one attached hydrogen (secondary N) is 1. The van der Waals surface area contributed by atoms with Crippen LogP contribution in [0.15, 0.2) is 18.2 Å². The van der Waals surface area contributed by atoms with Crippen LogP contribution >= 0.6 is 11.6 Å². The van der Waals surface area contributed by atoms with Gasteiger partial charge < -0.3 is 5.32 Å². The van der Waals surface area contributed by atoms with Gasteiger partial charge in [-0.3, -0.25) is 0 Å². The van der Waals surface area contributed by atoms with E-state index in [-0.39, 0.29) is 5.82 Å². The molecule has 0 aliphatic heterocycles. The zero-order chi connectivity index (χ0) is 15.1. The summed E-state index contributed by atoms with van der Waals surface area (Å²) in [6, 6.07) is 5.29. The normalized spacial score (nSPS) is 21.8. The van der Waals surface area contributed by atoms with Crippen molar-refractivity contribution in [3.63, 3.8) is 0 Å². The molecule has 0 aromatic heterocycles. The molecule has 1 atom stereocenters. The summed E-state index contributed by atoms with van der Waals surface area (Å²) in [5.41, 5.74) is 1.34. The van der Waals surface area contributed by atoms with E-state index in [1.54, 1.807) is 6.07 Å². The van der Waals surface area contributed by atoms with Gasteiger partial charge in [0.1, 0.15) is 5.82 Å². The van der Waals surface area contributed by atoms with Crippen molar-refractivity contribution in [3.8, 4) is 0 Å². The van der Waals surface area contributed by atoms with Crippen LogP contribution in [0.4, 0.5) is 4.39 Å². The van der Waals surface area contributed by atoms with Crippen molar-refractivity contribution >= 4 is 11.6 Å². The van der Waals surface area contributed by atoms with Crippen LogP contribution in [-0.4, -0.2) is 12.6 Å². The first-order valence-electron chi connectivity index (χ1n) is 7.39. The molecule has 1 N–H and O–H groups in total. The summed E-state index contributed by atoms with van der Waals surface area (Å²) in [4.78, 5) is 0. The lowest BCUT2D eigenvalue weighted by Gasteiger charge is -2.21. The highest BCUT2D eigenvalue weighted by Crippen LogP contribution is 2.69. The molecule has 1 unspecified atom stereocenters. The molecule has 1 fully saturated rings. The molecule has 0 saturated heterocycles. The molecule has 1 nitrogen and oxygen atoms in total. The van der Waals surface area contributed by atoms with E-state index in [0.717, 1.165) is 12.1 Å². The van der Waals surface area contributed by atoms with Gasteiger partial charge in [-0.15, -0.1) is 0 Å². The van der Waals surface area contributed by atoms with Gasteiger partial charge in [0, 0.05) is 11.1 Å². The van der Waals surface area contributed by atoms with E-state index >= 15 is 0 Å². The Morgan fingerprint density at radius 2 is 1.85 bits per heavy atom. The second-order valence-electron chi connectivity index (χ2n) is 7.03. The molecular formula is C17H25ClFN. The summed E-state index contributed by atoms with van der Waals surface area (Å²) >= 11 is 5.82. The number of halogens is 2. The Hall–Kier alpha value is -0.600. The highest BCUT2D eigenvalue weighted by molar-refractivity contribution is 6.30. The number of hydrogen-bond acceptors (Lipinski definition) is 1. The SMILES string of the molecule is CCNC(Cc1ccc(Cl)cc1F)C1C(C)(C)C1(C)C. The zero-order valence-corrected chi connectivity index (χ0v) is 13.8. The molecule has 0 radical (unpaired) electrons. The second-order valence-corrected chi connectivity index (χ2v) is 7.46. The van der Waals surface area contributed by atoms with E-state index in [1.807, 2.05) is 6.07 Å². The highest BCUT2D eigenvalue weighted by Gasteiger charge is 2.66. The molecule has 1 aromatic rings. The molecule has 0 heterocycles. The van der Waals surface area contributed by atoms with E-state index in [1.165, 1.54) is 6.07 Å². The third-order valence-corrected chi connectivity index (χ3v) is 5.69. The van der Waals surface area contributed by atoms with Crippen molar-refractivity contribution in [2.45, 2.75) is 47.1 Å². The van der Waals surface area contributed by atoms with Crippen molar-refractivity contribution < 1.29 is 4.39 Å². The lowest BCUT2D eigenvalue weighted by molar-refractivity contribution is 0.398. The molecule has 20 heavy (non-hydrogen) atoms. The van der Waals surface area contributed by atoms with E-state index in [9.17, 15) is 4.39 Å². The second kappa shape index (κ2) is 5.31. The Morgan fingerprint density at radius 1 is 1.25 bits per heavy atom. The van der Waals surface area contributed by atoms with Crippen molar-refractivity contribution in [2.75, 3.05) is 6.54 Å². The Labute approximate surface area is 126 Å². The van der Waals surface area contributed by atoms with Crippen LogP contribution in [0.25, 0.3) is 0 Å². The molecule has 1 aliphatic rings. The van der Waals surface area contributed by atoms with E-state index in [2.05, 4.69) is 39.9 Å². The van der Waals surface area contributed by atoms with Crippen molar-refractivity contribution in [1.29, 1.82) is 0 Å². The minimum absolute atomic E-state index is 0.198. The number of rotatable bonds is 5. The highest BCUT2D eigenvalue weighted by atomic mass is 35.5. The third kappa shape index (κ3) is 2.60. The first-order chi connectivity index (χ1) is 9.21. The van der Waals surface area contributed by atoms with Gasteiger partial charge in [0.05, 0.1) is 0 Å². The third-order valence-electron chi connectivity index (χ3n) is 5.46. The van der Waals surface area contributed by atoms with Crippen LogP contribution in [0.3, 0.4) is 0 Å². The summed E-state index contributed by atoms with van der Waals surface area (Å²) in [7, 11) is 0. The van der Waals surface area contributed by atoms with Crippen molar-refractivity contribution in [3.05, 3.63) is 34.6 Å². The van der Waals surface area contributed by atoms with E-state index in [4.69, 9.17) is 11.6 Å². The lowest BCUT2D eigenvalue weighted by Crippen LogP contribution is -2.35. The Kier molecular flexibility index (Phi) is 4.19. The van der Waals surface area contributed by atoms with Gasteiger partial charge in [-0.05, 0) is 47.4 Å². The topological polar surface area (TPSA) is 12.0 Å². The first-order valence-corrected chi connectivity index (χ1v) is 7.77. The van der Waals surface area contributed by atoms with Crippen LogP contribution in [0.5, 0.6) is 0 Å². The summed E-state index contributed by atoms with van der Waals surface area (Å²) < 4.78 is 14.0. The number of benzene rings is 1. The molecule has 1 aromatic carbocycles. The van der Waals surface area contributed by atoms with Crippen LogP contribution in [0, 0.1) is 22.6 Å². The molecule has 2 rings (SSSR count). The Morgan fingerprint density at radius 3 is 2.30 bits per heavy atom. The maximum atomic E-state index is 14.0. The molecule has 0 amide bonds. The van der Waals surface area contributed by atoms with Crippen molar-refractivity contribution in [1.82, 2.24) is 5.32 Å². The molecule has 0 bridgehead atoms. The van der Waals surface area contributed by atoms with Gasteiger partial charge >= 0.3 is 0 Å². The summed E-state index contributed by atoms with van der Waals surface area (Å²) in [6.07, 6.45) is 0.717. The fraction of sp³-hybridized carbons (Fsp3) is 0.647. The first kappa shape index (κ1) is 15.8. The minimum atomic E-state index is -0.198. The van der Waals surface area contributed by atoms with Gasteiger partial charge in [0.25, 0.3) is 0 Å². The van der Waals surface area contributed by atoms with Gasteiger partial charge in [-0.25, -0.2) is 4.39 Å². The Balaban J connectivity index is 2.19. The molecule has 1 aliphatic carbocycles. The smallest absolute Gasteiger partial charge is 0.127 e. The molecule has 0 spiro atoms. The van der Waals surface area contributed by atoms with Crippen LogP contribution in [0.1, 0.15) is 40.2 Å². The molecule has 1 saturated carbocycles. The fourth-order valence-corrected chi connectivity index (χ4v) is 3.91. The largest absolute Gasteiger partial charge is 0.314 e. The number of likely N-dealkylation sites (N-methyl/N-ethyl adjacent to an activating group) is 1. The van der Waals surface area contributed by atoms with Gasteiger partial charge in [0.15, 0.2) is 0 Å². The van der Waals surface area contributed by atoms with Crippen LogP contribution < -0.4 is 5.32 Å². The number of hydrogen-bond donors (Lipinski definition) is 1. The lowest BCUT2D eigenvalue weighted by atomic mass is 9.96. The maximum Gasteiger partial charge on any atom is 0.127 e. The average Bonchev–Trinajstić information content (AvgIpc) is 2.72. The fourth-order valence-electron chi connectivity index (χ4n) is 3.75. The van der Waals surface area contributed by atoms with E-state index in [0.29, 0.717) is 34.2 Å². The summed E-state index contributed by atoms with van der Waals surface area (Å²) in [6.45, 7) is 12.2. The van der Waals surface area contributed by atoms with Crippen LogP contribution in [-0.2, 0) is 6.42 Å². The zero-order valence-electron chi connectivity index (χ0n) is 13.1. The monoisotopic (exact) mass is 297 g/mol. The van der Waals surface area contributed by atoms with Crippen LogP contribution in [0.2, 0.25) is 5.02 Å². The van der Waals surface area contributed by atoms with Crippen molar-refractivity contribution in [2.24, 2.45) is 16.7 Å². The Bertz CT molecular complexity index is 482. The molecular weight excluding hydrogens is 273 g/mol. The maximum absolute atomic E-state index is 14.0. The van der Waals surface area contributed by atoms with Gasteiger partial charge in [-0.1, -0.05) is 52.3 Å². The predicted molar refractivity (Wildman–Crippen MR) is 83.6 cm³/mol. The average molecular weight is 298 g/mol. The van der Waals surface area contributed by atoms with Gasteiger partial charge in [0.2, 0.25) is 0 Å². The van der Waals surface area contributed by atoms with E-state index < -0.39 is 0 Å². The quantitative estimate of drug-likeness (QED) is 0.832. The molecule has 3 heteroatoms. The summed E-state index contributed by atoms with van der Waals surface area (Å²) in [5.74, 6) is 0.363. The standard InChI is InChI=1S/C17H25ClFN/c1-6-20-14(15-16(2,3)17(15,4)5)9-11-7-8-12(18)10-13(11)19/h7-8,10,14-15,20H,6,9H2,1-5H3. The minimum Gasteiger partial charge on any atom is -0.314 e. The summed E-state index contributed by atoms with van der Waals surface area (Å²) in [5, 5.41) is 4.00.